The molecule has 0 aromatic carbocycles. The number of hydrogen-bond acceptors (Lipinski definition) is 4. The highest BCUT2D eigenvalue weighted by Gasteiger charge is 2.30. The van der Waals surface area contributed by atoms with Crippen molar-refractivity contribution in [1.29, 1.82) is 0 Å². The number of piperidine rings is 1. The summed E-state index contributed by atoms with van der Waals surface area (Å²) >= 11 is 5.13. The summed E-state index contributed by atoms with van der Waals surface area (Å²) in [6, 6.07) is 4.54. The first-order chi connectivity index (χ1) is 9.25. The highest BCUT2D eigenvalue weighted by molar-refractivity contribution is 7.80. The molecule has 3 rings (SSSR count). The quantitative estimate of drug-likeness (QED) is 0.827. The van der Waals surface area contributed by atoms with Gasteiger partial charge < -0.3 is 10.6 Å². The van der Waals surface area contributed by atoms with Crippen molar-refractivity contribution >= 4 is 23.0 Å². The Kier molecular flexibility index (Phi) is 3.66. The lowest BCUT2D eigenvalue weighted by Gasteiger charge is -2.44. The maximum Gasteiger partial charge on any atom is 0.138 e. The van der Waals surface area contributed by atoms with Crippen LogP contribution < -0.4 is 10.6 Å². The van der Waals surface area contributed by atoms with E-state index in [4.69, 9.17) is 18.0 Å². The van der Waals surface area contributed by atoms with E-state index >= 15 is 0 Å². The molecule has 102 valence electrons. The Morgan fingerprint density at radius 3 is 3.05 bits per heavy atom. The van der Waals surface area contributed by atoms with Gasteiger partial charge in [0.15, 0.2) is 0 Å². The van der Waals surface area contributed by atoms with Gasteiger partial charge >= 0.3 is 0 Å². The van der Waals surface area contributed by atoms with E-state index in [-0.39, 0.29) is 0 Å². The predicted octanol–water partition coefficient (Wildman–Crippen LogP) is 1.39. The van der Waals surface area contributed by atoms with Crippen LogP contribution in [-0.4, -0.2) is 47.1 Å². The van der Waals surface area contributed by atoms with Gasteiger partial charge in [0.05, 0.1) is 5.56 Å². The molecule has 4 nitrogen and oxygen atoms in total. The SMILES string of the molecule is NC(=S)c1cccnc1N1CCN2CCCCC2C1. The maximum absolute atomic E-state index is 5.81. The van der Waals surface area contributed by atoms with Crippen molar-refractivity contribution in [2.45, 2.75) is 25.3 Å². The first kappa shape index (κ1) is 12.8. The zero-order valence-electron chi connectivity index (χ0n) is 11.1. The molecule has 2 aliphatic heterocycles. The van der Waals surface area contributed by atoms with Crippen molar-refractivity contribution < 1.29 is 0 Å². The number of hydrogen-bond donors (Lipinski definition) is 1. The molecular formula is C14H20N4S. The van der Waals surface area contributed by atoms with Gasteiger partial charge in [-0.2, -0.15) is 0 Å². The van der Waals surface area contributed by atoms with Crippen molar-refractivity contribution in [2.75, 3.05) is 31.1 Å². The number of aromatic nitrogens is 1. The van der Waals surface area contributed by atoms with E-state index in [1.807, 2.05) is 18.3 Å². The lowest BCUT2D eigenvalue weighted by Crippen LogP contribution is -2.55. The maximum atomic E-state index is 5.81. The Morgan fingerprint density at radius 2 is 2.21 bits per heavy atom. The molecule has 3 heterocycles. The van der Waals surface area contributed by atoms with E-state index in [1.165, 1.54) is 25.8 Å². The molecule has 0 saturated carbocycles. The van der Waals surface area contributed by atoms with Crippen molar-refractivity contribution in [3.05, 3.63) is 23.9 Å². The van der Waals surface area contributed by atoms with Gasteiger partial charge in [-0.05, 0) is 31.5 Å². The summed E-state index contributed by atoms with van der Waals surface area (Å²) in [5, 5.41) is 0. The third-order valence-corrected chi connectivity index (χ3v) is 4.41. The molecular weight excluding hydrogens is 256 g/mol. The van der Waals surface area contributed by atoms with Crippen LogP contribution in [0.2, 0.25) is 0 Å². The van der Waals surface area contributed by atoms with Gasteiger partial charge in [0.1, 0.15) is 10.8 Å². The molecule has 2 fully saturated rings. The molecule has 1 aromatic rings. The fraction of sp³-hybridized carbons (Fsp3) is 0.571. The average molecular weight is 276 g/mol. The molecule has 5 heteroatoms. The highest BCUT2D eigenvalue weighted by atomic mass is 32.1. The van der Waals surface area contributed by atoms with Gasteiger partial charge in [-0.15, -0.1) is 0 Å². The smallest absolute Gasteiger partial charge is 0.138 e. The number of pyridine rings is 1. The normalized spacial score (nSPS) is 24.0. The Bertz CT molecular complexity index is 476. The molecule has 0 spiro atoms. The second-order valence-corrected chi connectivity index (χ2v) is 5.81. The van der Waals surface area contributed by atoms with Crippen LogP contribution in [0.4, 0.5) is 5.82 Å². The van der Waals surface area contributed by atoms with Gasteiger partial charge in [-0.25, -0.2) is 4.98 Å². The Labute approximate surface area is 119 Å². The van der Waals surface area contributed by atoms with Crippen LogP contribution in [0, 0.1) is 0 Å². The van der Waals surface area contributed by atoms with Crippen LogP contribution in [0.3, 0.4) is 0 Å². The van der Waals surface area contributed by atoms with Crippen LogP contribution in [0.5, 0.6) is 0 Å². The first-order valence-electron chi connectivity index (χ1n) is 6.99. The molecule has 2 N–H and O–H groups in total. The summed E-state index contributed by atoms with van der Waals surface area (Å²) < 4.78 is 0. The monoisotopic (exact) mass is 276 g/mol. The minimum Gasteiger partial charge on any atom is -0.389 e. The molecule has 19 heavy (non-hydrogen) atoms. The molecule has 1 unspecified atom stereocenters. The van der Waals surface area contributed by atoms with Gasteiger partial charge in [-0.1, -0.05) is 18.6 Å². The second kappa shape index (κ2) is 5.43. The second-order valence-electron chi connectivity index (χ2n) is 5.37. The summed E-state index contributed by atoms with van der Waals surface area (Å²) in [5.74, 6) is 0.959. The number of nitrogens with zero attached hydrogens (tertiary/aromatic N) is 3. The minimum atomic E-state index is 0.439. The molecule has 1 aromatic heterocycles. The van der Waals surface area contributed by atoms with E-state index in [9.17, 15) is 0 Å². The molecule has 0 radical (unpaired) electrons. The van der Waals surface area contributed by atoms with Crippen molar-refractivity contribution in [3.63, 3.8) is 0 Å². The van der Waals surface area contributed by atoms with Crippen LogP contribution >= 0.6 is 12.2 Å². The van der Waals surface area contributed by atoms with Crippen LogP contribution in [0.1, 0.15) is 24.8 Å². The Balaban J connectivity index is 1.81. The third-order valence-electron chi connectivity index (χ3n) is 4.19. The van der Waals surface area contributed by atoms with Crippen molar-refractivity contribution in [2.24, 2.45) is 5.73 Å². The number of anilines is 1. The first-order valence-corrected chi connectivity index (χ1v) is 7.40. The summed E-state index contributed by atoms with van der Waals surface area (Å²) in [6.07, 6.45) is 5.81. The standard InChI is InChI=1S/C14H20N4S/c15-13(19)12-5-3-6-16-14(12)18-9-8-17-7-2-1-4-11(17)10-18/h3,5-6,11H,1-2,4,7-10H2,(H2,15,19). The number of thiocarbonyl (C=S) groups is 1. The number of piperazine rings is 1. The largest absolute Gasteiger partial charge is 0.389 e. The summed E-state index contributed by atoms with van der Waals surface area (Å²) in [6.45, 7) is 4.44. The molecule has 0 amide bonds. The van der Waals surface area contributed by atoms with Gasteiger partial charge in [-0.3, -0.25) is 4.90 Å². The number of nitrogens with two attached hydrogens (primary N) is 1. The lowest BCUT2D eigenvalue weighted by atomic mass is 9.99. The molecule has 2 saturated heterocycles. The molecule has 0 bridgehead atoms. The van der Waals surface area contributed by atoms with Gasteiger partial charge in [0.2, 0.25) is 0 Å². The Morgan fingerprint density at radius 1 is 1.32 bits per heavy atom. The predicted molar refractivity (Wildman–Crippen MR) is 81.5 cm³/mol. The zero-order valence-corrected chi connectivity index (χ0v) is 11.9. The van der Waals surface area contributed by atoms with Crippen molar-refractivity contribution in [3.8, 4) is 0 Å². The van der Waals surface area contributed by atoms with Gasteiger partial charge in [0.25, 0.3) is 0 Å². The summed E-state index contributed by atoms with van der Waals surface area (Å²) in [7, 11) is 0. The van der Waals surface area contributed by atoms with E-state index in [1.54, 1.807) is 0 Å². The van der Waals surface area contributed by atoms with Crippen LogP contribution in [-0.2, 0) is 0 Å². The Hall–Kier alpha value is -1.20. The molecule has 1 atom stereocenters. The lowest BCUT2D eigenvalue weighted by molar-refractivity contribution is 0.133. The number of rotatable bonds is 2. The van der Waals surface area contributed by atoms with E-state index in [0.717, 1.165) is 31.0 Å². The zero-order chi connectivity index (χ0) is 13.2. The van der Waals surface area contributed by atoms with Crippen LogP contribution in [0.25, 0.3) is 0 Å². The summed E-state index contributed by atoms with van der Waals surface area (Å²) in [4.78, 5) is 9.90. The van der Waals surface area contributed by atoms with E-state index in [2.05, 4.69) is 14.8 Å². The fourth-order valence-corrected chi connectivity index (χ4v) is 3.35. The minimum absolute atomic E-state index is 0.439. The van der Waals surface area contributed by atoms with E-state index < -0.39 is 0 Å². The molecule has 0 aliphatic carbocycles. The average Bonchev–Trinajstić information content (AvgIpc) is 2.46. The van der Waals surface area contributed by atoms with Crippen LogP contribution in [0.15, 0.2) is 18.3 Å². The highest BCUT2D eigenvalue weighted by Crippen LogP contribution is 2.25. The van der Waals surface area contributed by atoms with E-state index in [0.29, 0.717) is 11.0 Å². The van der Waals surface area contributed by atoms with Crippen molar-refractivity contribution in [1.82, 2.24) is 9.88 Å². The molecule has 2 aliphatic rings. The third kappa shape index (κ3) is 2.58. The topological polar surface area (TPSA) is 45.4 Å². The number of fused-ring (bicyclic) bond motifs is 1. The summed E-state index contributed by atoms with van der Waals surface area (Å²) in [5.41, 5.74) is 6.71. The fourth-order valence-electron chi connectivity index (χ4n) is 3.19. The van der Waals surface area contributed by atoms with Gasteiger partial charge in [0, 0.05) is 31.9 Å².